The molecule has 0 radical (unpaired) electrons. The summed E-state index contributed by atoms with van der Waals surface area (Å²) in [5.74, 6) is 4.46. The van der Waals surface area contributed by atoms with Gasteiger partial charge in [0.2, 0.25) is 0 Å². The smallest absolute Gasteiger partial charge is 0.0274 e. The lowest BCUT2D eigenvalue weighted by Crippen LogP contribution is -2.08. The molecular weight excluding hydrogens is 400 g/mol. The first kappa shape index (κ1) is 20.8. The van der Waals surface area contributed by atoms with E-state index in [1.54, 1.807) is 0 Å². The standard InChI is InChI=1S/C28H28S2/c1-5-13-25(14-6-1)21-29-30(22-26-15-7-2-8-16-26,23-27-17-9-3-10-18-27)24-28-19-11-4-12-20-28/h1-20H,21-24H2. The highest BCUT2D eigenvalue weighted by Gasteiger charge is 2.26. The first-order chi connectivity index (χ1) is 14.8. The van der Waals surface area contributed by atoms with Gasteiger partial charge in [0, 0.05) is 23.0 Å². The van der Waals surface area contributed by atoms with E-state index in [1.165, 1.54) is 22.3 Å². The van der Waals surface area contributed by atoms with Crippen molar-refractivity contribution in [2.45, 2.75) is 23.0 Å². The Kier molecular flexibility index (Phi) is 7.34. The Morgan fingerprint density at radius 1 is 0.400 bits per heavy atom. The Morgan fingerprint density at radius 2 is 0.700 bits per heavy atom. The average Bonchev–Trinajstić information content (AvgIpc) is 2.80. The molecule has 30 heavy (non-hydrogen) atoms. The summed E-state index contributed by atoms with van der Waals surface area (Å²) in [5.41, 5.74) is 5.74. The third kappa shape index (κ3) is 6.04. The third-order valence-corrected chi connectivity index (χ3v) is 11.6. The lowest BCUT2D eigenvalue weighted by atomic mass is 10.2. The van der Waals surface area contributed by atoms with Gasteiger partial charge in [-0.2, -0.15) is 9.06 Å². The van der Waals surface area contributed by atoms with Gasteiger partial charge in [0.15, 0.2) is 0 Å². The molecule has 0 aromatic heterocycles. The maximum absolute atomic E-state index is 2.29. The maximum Gasteiger partial charge on any atom is 0.0274 e. The number of hydrogen-bond donors (Lipinski definition) is 0. The predicted molar refractivity (Wildman–Crippen MR) is 136 cm³/mol. The van der Waals surface area contributed by atoms with Crippen molar-refractivity contribution in [3.63, 3.8) is 0 Å². The van der Waals surface area contributed by atoms with E-state index >= 15 is 0 Å². The van der Waals surface area contributed by atoms with E-state index in [2.05, 4.69) is 132 Å². The van der Waals surface area contributed by atoms with Crippen molar-refractivity contribution in [2.75, 3.05) is 0 Å². The van der Waals surface area contributed by atoms with Gasteiger partial charge in [-0.1, -0.05) is 121 Å². The predicted octanol–water partition coefficient (Wildman–Crippen LogP) is 8.24. The van der Waals surface area contributed by atoms with Crippen LogP contribution in [0.15, 0.2) is 121 Å². The van der Waals surface area contributed by atoms with E-state index in [0.717, 1.165) is 23.0 Å². The molecule has 0 aliphatic heterocycles. The monoisotopic (exact) mass is 428 g/mol. The molecule has 0 aliphatic rings. The van der Waals surface area contributed by atoms with Crippen LogP contribution < -0.4 is 0 Å². The molecule has 0 N–H and O–H groups in total. The topological polar surface area (TPSA) is 0 Å². The fourth-order valence-corrected chi connectivity index (χ4v) is 10.3. The average molecular weight is 429 g/mol. The molecule has 0 atom stereocenters. The summed E-state index contributed by atoms with van der Waals surface area (Å²) in [4.78, 5) is 0. The third-order valence-electron chi connectivity index (χ3n) is 5.14. The van der Waals surface area contributed by atoms with Crippen molar-refractivity contribution in [1.29, 1.82) is 0 Å². The molecule has 0 amide bonds. The molecule has 2 heteroatoms. The van der Waals surface area contributed by atoms with Crippen molar-refractivity contribution in [1.82, 2.24) is 0 Å². The van der Waals surface area contributed by atoms with E-state index in [9.17, 15) is 0 Å². The molecule has 4 rings (SSSR count). The largest absolute Gasteiger partial charge is 0.180 e. The van der Waals surface area contributed by atoms with Crippen molar-refractivity contribution in [3.8, 4) is 0 Å². The molecule has 4 aromatic rings. The van der Waals surface area contributed by atoms with Gasteiger partial charge >= 0.3 is 0 Å². The summed E-state index contributed by atoms with van der Waals surface area (Å²) in [6.07, 6.45) is 0. The van der Waals surface area contributed by atoms with Crippen molar-refractivity contribution >= 4 is 19.9 Å². The van der Waals surface area contributed by atoms with Gasteiger partial charge < -0.3 is 0 Å². The number of rotatable bonds is 9. The van der Waals surface area contributed by atoms with Crippen LogP contribution in [0.2, 0.25) is 0 Å². The summed E-state index contributed by atoms with van der Waals surface area (Å²) in [6.45, 7) is 0. The van der Waals surface area contributed by atoms with Crippen LogP contribution in [-0.4, -0.2) is 0 Å². The Morgan fingerprint density at radius 3 is 1.03 bits per heavy atom. The maximum atomic E-state index is 2.29. The minimum atomic E-state index is -1.04. The Balaban J connectivity index is 1.69. The zero-order chi connectivity index (χ0) is 20.5. The van der Waals surface area contributed by atoms with Crippen LogP contribution in [-0.2, 0) is 23.0 Å². The van der Waals surface area contributed by atoms with E-state index in [4.69, 9.17) is 0 Å². The molecule has 0 saturated carbocycles. The molecule has 0 nitrogen and oxygen atoms in total. The molecule has 4 aromatic carbocycles. The first-order valence-electron chi connectivity index (χ1n) is 10.4. The molecule has 0 bridgehead atoms. The zero-order valence-electron chi connectivity index (χ0n) is 17.2. The minimum absolute atomic E-state index is 1.04. The number of benzene rings is 4. The highest BCUT2D eigenvalue weighted by atomic mass is 33.2. The van der Waals surface area contributed by atoms with Crippen LogP contribution in [0.4, 0.5) is 0 Å². The Hall–Kier alpha value is -2.42. The fraction of sp³-hybridized carbons (Fsp3) is 0.143. The zero-order valence-corrected chi connectivity index (χ0v) is 18.8. The second-order valence-electron chi connectivity index (χ2n) is 7.60. The quantitative estimate of drug-likeness (QED) is 0.242. The lowest BCUT2D eigenvalue weighted by Gasteiger charge is -2.40. The van der Waals surface area contributed by atoms with Gasteiger partial charge in [-0.05, 0) is 22.3 Å². The Labute approximate surface area is 186 Å². The summed E-state index contributed by atoms with van der Waals surface area (Å²) in [6, 6.07) is 44.1. The van der Waals surface area contributed by atoms with Gasteiger partial charge in [0.1, 0.15) is 0 Å². The van der Waals surface area contributed by atoms with Gasteiger partial charge in [-0.25, -0.2) is 0 Å². The summed E-state index contributed by atoms with van der Waals surface area (Å²) < 4.78 is 0. The molecule has 0 aliphatic carbocycles. The number of hydrogen-bond acceptors (Lipinski definition) is 1. The van der Waals surface area contributed by atoms with Crippen LogP contribution in [0.3, 0.4) is 0 Å². The van der Waals surface area contributed by atoms with E-state index in [-0.39, 0.29) is 0 Å². The van der Waals surface area contributed by atoms with Crippen molar-refractivity contribution in [3.05, 3.63) is 144 Å². The van der Waals surface area contributed by atoms with Crippen LogP contribution in [0.5, 0.6) is 0 Å². The molecule has 152 valence electrons. The molecule has 0 saturated heterocycles. The normalized spacial score (nSPS) is 11.9. The van der Waals surface area contributed by atoms with Crippen LogP contribution in [0, 0.1) is 0 Å². The Bertz CT molecular complexity index is 898. The SMILES string of the molecule is c1ccc(CSS(Cc2ccccc2)(Cc2ccccc2)Cc2ccccc2)cc1. The van der Waals surface area contributed by atoms with E-state index < -0.39 is 9.06 Å². The van der Waals surface area contributed by atoms with E-state index in [1.807, 2.05) is 0 Å². The first-order valence-corrected chi connectivity index (χ1v) is 14.0. The second-order valence-corrected chi connectivity index (χ2v) is 13.8. The van der Waals surface area contributed by atoms with Gasteiger partial charge in [0.05, 0.1) is 0 Å². The highest BCUT2D eigenvalue weighted by molar-refractivity contribution is 8.93. The molecule has 0 unspecified atom stereocenters. The summed E-state index contributed by atoms with van der Waals surface area (Å²) >= 11 is 0. The van der Waals surface area contributed by atoms with E-state index in [0.29, 0.717) is 0 Å². The fourth-order valence-electron chi connectivity index (χ4n) is 3.68. The van der Waals surface area contributed by atoms with Gasteiger partial charge in [-0.3, -0.25) is 0 Å². The van der Waals surface area contributed by atoms with Crippen molar-refractivity contribution in [2.24, 2.45) is 0 Å². The summed E-state index contributed by atoms with van der Waals surface area (Å²) in [7, 11) is 1.15. The van der Waals surface area contributed by atoms with Gasteiger partial charge in [0.25, 0.3) is 0 Å². The molecule has 0 fully saturated rings. The second kappa shape index (κ2) is 10.6. The van der Waals surface area contributed by atoms with Crippen molar-refractivity contribution < 1.29 is 0 Å². The molecule has 0 heterocycles. The van der Waals surface area contributed by atoms with Crippen LogP contribution >= 0.6 is 19.9 Å². The molecule has 0 spiro atoms. The highest BCUT2D eigenvalue weighted by Crippen LogP contribution is 2.67. The molecular formula is C28H28S2. The van der Waals surface area contributed by atoms with Crippen LogP contribution in [0.1, 0.15) is 22.3 Å². The van der Waals surface area contributed by atoms with Crippen LogP contribution in [0.25, 0.3) is 0 Å². The van der Waals surface area contributed by atoms with Gasteiger partial charge in [-0.15, -0.1) is 10.8 Å². The lowest BCUT2D eigenvalue weighted by molar-refractivity contribution is 1.28. The summed E-state index contributed by atoms with van der Waals surface area (Å²) in [5, 5.41) is 0. The minimum Gasteiger partial charge on any atom is -0.180 e.